The fraction of sp³-hybridized carbons (Fsp3) is 1.00. The Morgan fingerprint density at radius 1 is 0.964 bits per heavy atom. The molecule has 0 amide bonds. The molecule has 0 aromatic carbocycles. The second-order valence-corrected chi connectivity index (χ2v) is 7.40. The number of ether oxygens (including phenoxy) is 3. The summed E-state index contributed by atoms with van der Waals surface area (Å²) in [5, 5.41) is 68.3. The van der Waals surface area contributed by atoms with Gasteiger partial charge in [-0.05, 0) is 0 Å². The van der Waals surface area contributed by atoms with E-state index >= 15 is 0 Å². The number of hydrogen-bond acceptors (Lipinski definition) is 12. The average molecular weight is 462 g/mol. The smallest absolute Gasteiger partial charge is 1.00 e. The van der Waals surface area contributed by atoms with Gasteiger partial charge < -0.3 is 61.2 Å². The van der Waals surface area contributed by atoms with Crippen LogP contribution in [0.5, 0.6) is 0 Å². The number of aliphatic hydroxyl groups is 7. The molecular formula is C12H24KO14P. The van der Waals surface area contributed by atoms with Crippen LogP contribution >= 0.6 is 7.82 Å². The molecule has 0 bridgehead atoms. The molecule has 2 saturated heterocycles. The van der Waals surface area contributed by atoms with Crippen LogP contribution in [-0.4, -0.2) is 120 Å². The maximum absolute atomic E-state index is 10.8. The van der Waals surface area contributed by atoms with E-state index in [2.05, 4.69) is 4.52 Å². The van der Waals surface area contributed by atoms with E-state index in [-0.39, 0.29) is 52.8 Å². The minimum atomic E-state index is -4.93. The van der Waals surface area contributed by atoms with Crippen molar-refractivity contribution in [1.29, 1.82) is 0 Å². The minimum Gasteiger partial charge on any atom is -1.00 e. The summed E-state index contributed by atoms with van der Waals surface area (Å²) >= 11 is 0. The topological polar surface area (TPSA) is 236 Å². The molecule has 2 aliphatic rings. The second kappa shape index (κ2) is 10.8. The Hall–Kier alpha value is 1.35. The van der Waals surface area contributed by atoms with Crippen LogP contribution in [-0.2, 0) is 23.3 Å². The number of aliphatic hydroxyl groups excluding tert-OH is 7. The SMILES string of the molecule is O=P(O)(O)OC[C@H]1O[C@H](O[C@]2(CO)O[C@H](CO)[C@@H](O)[C@@H]2O)[C@H](O)[C@@H](O)[C@@H]1O.[H-].[K+]. The molecule has 0 radical (unpaired) electrons. The summed E-state index contributed by atoms with van der Waals surface area (Å²) in [7, 11) is -4.93. The quantitative estimate of drug-likeness (QED) is 0.126. The summed E-state index contributed by atoms with van der Waals surface area (Å²) < 4.78 is 30.4. The number of rotatable bonds is 7. The van der Waals surface area contributed by atoms with E-state index in [0.29, 0.717) is 0 Å². The Morgan fingerprint density at radius 3 is 2.04 bits per heavy atom. The minimum absolute atomic E-state index is 0. The largest absolute Gasteiger partial charge is 1.00 e. The average Bonchev–Trinajstić information content (AvgIpc) is 2.85. The van der Waals surface area contributed by atoms with Crippen LogP contribution in [0.2, 0.25) is 0 Å². The summed E-state index contributed by atoms with van der Waals surface area (Å²) in [6, 6.07) is 0. The predicted molar refractivity (Wildman–Crippen MR) is 80.7 cm³/mol. The fourth-order valence-electron chi connectivity index (χ4n) is 2.79. The maximum atomic E-state index is 10.8. The van der Waals surface area contributed by atoms with Gasteiger partial charge in [-0.15, -0.1) is 0 Å². The first kappa shape index (κ1) is 27.4. The van der Waals surface area contributed by atoms with Gasteiger partial charge in [0.05, 0.1) is 13.2 Å². The second-order valence-electron chi connectivity index (χ2n) is 6.16. The van der Waals surface area contributed by atoms with Gasteiger partial charge in [0, 0.05) is 0 Å². The first-order valence-corrected chi connectivity index (χ1v) is 9.32. The fourth-order valence-corrected chi connectivity index (χ4v) is 3.13. The molecule has 0 spiro atoms. The van der Waals surface area contributed by atoms with E-state index in [9.17, 15) is 35.2 Å². The Labute approximate surface area is 202 Å². The van der Waals surface area contributed by atoms with Crippen LogP contribution in [0.3, 0.4) is 0 Å². The van der Waals surface area contributed by atoms with Crippen molar-refractivity contribution >= 4 is 7.82 Å². The molecule has 28 heavy (non-hydrogen) atoms. The van der Waals surface area contributed by atoms with Crippen LogP contribution in [0.1, 0.15) is 1.43 Å². The predicted octanol–water partition coefficient (Wildman–Crippen LogP) is -8.16. The summed E-state index contributed by atoms with van der Waals surface area (Å²) in [6.45, 7) is -2.69. The van der Waals surface area contributed by atoms with Gasteiger partial charge in [0.2, 0.25) is 5.79 Å². The number of hydrogen-bond donors (Lipinski definition) is 9. The van der Waals surface area contributed by atoms with E-state index in [1.165, 1.54) is 0 Å². The van der Waals surface area contributed by atoms with Gasteiger partial charge >= 0.3 is 59.2 Å². The maximum Gasteiger partial charge on any atom is 1.00 e. The molecule has 0 aromatic rings. The van der Waals surface area contributed by atoms with Crippen molar-refractivity contribution in [1.82, 2.24) is 0 Å². The molecule has 162 valence electrons. The zero-order valence-electron chi connectivity index (χ0n) is 15.8. The molecule has 0 aliphatic carbocycles. The molecule has 2 rings (SSSR count). The van der Waals surface area contributed by atoms with E-state index in [0.717, 1.165) is 0 Å². The van der Waals surface area contributed by atoms with Gasteiger partial charge in [0.15, 0.2) is 6.29 Å². The van der Waals surface area contributed by atoms with Gasteiger partial charge in [0.1, 0.15) is 49.3 Å². The van der Waals surface area contributed by atoms with Crippen LogP contribution in [0.4, 0.5) is 0 Å². The molecular weight excluding hydrogens is 438 g/mol. The van der Waals surface area contributed by atoms with Crippen molar-refractivity contribution < 1.29 is 122 Å². The standard InChI is InChI=1S/C12H23O14P.K.H/c13-1-4-7(16)10(19)12(3-14,25-4)26-11-9(18)8(17)6(15)5(24-11)2-23-27(20,21)22;;/h4-11,13-19H,1-3H2,(H2,20,21,22);;/q;+1;-1/t4-,5-,6-,7-,8+,9-,10+,11-,12+;;/m1../s1. The third kappa shape index (κ3) is 5.98. The summed E-state index contributed by atoms with van der Waals surface area (Å²) in [6.07, 6.45) is -14.0. The number of phosphoric acid groups is 1. The van der Waals surface area contributed by atoms with Crippen molar-refractivity contribution in [2.45, 2.75) is 54.8 Å². The van der Waals surface area contributed by atoms with Gasteiger partial charge in [-0.25, -0.2) is 4.57 Å². The molecule has 16 heteroatoms. The van der Waals surface area contributed by atoms with Crippen molar-refractivity contribution in [2.75, 3.05) is 19.8 Å². The Balaban J connectivity index is 0.00000392. The van der Waals surface area contributed by atoms with Crippen molar-refractivity contribution in [3.63, 3.8) is 0 Å². The first-order chi connectivity index (χ1) is 12.5. The van der Waals surface area contributed by atoms with E-state index in [1.54, 1.807) is 0 Å². The molecule has 9 N–H and O–H groups in total. The van der Waals surface area contributed by atoms with Gasteiger partial charge in [-0.1, -0.05) is 0 Å². The van der Waals surface area contributed by atoms with E-state index in [1.807, 2.05) is 0 Å². The zero-order valence-corrected chi connectivity index (χ0v) is 18.8. The van der Waals surface area contributed by atoms with Gasteiger partial charge in [0.25, 0.3) is 0 Å². The monoisotopic (exact) mass is 462 g/mol. The van der Waals surface area contributed by atoms with Crippen LogP contribution in [0, 0.1) is 0 Å². The van der Waals surface area contributed by atoms with Crippen LogP contribution in [0.15, 0.2) is 0 Å². The summed E-state index contributed by atoms with van der Waals surface area (Å²) in [5.74, 6) is -2.35. The number of phosphoric ester groups is 1. The summed E-state index contributed by atoms with van der Waals surface area (Å²) in [4.78, 5) is 17.4. The third-order valence-corrected chi connectivity index (χ3v) is 4.78. The van der Waals surface area contributed by atoms with E-state index < -0.39 is 82.4 Å². The van der Waals surface area contributed by atoms with Gasteiger partial charge in [-0.2, -0.15) is 0 Å². The van der Waals surface area contributed by atoms with Crippen molar-refractivity contribution in [3.05, 3.63) is 0 Å². The van der Waals surface area contributed by atoms with Crippen LogP contribution in [0.25, 0.3) is 0 Å². The first-order valence-electron chi connectivity index (χ1n) is 7.79. The molecule has 0 aromatic heterocycles. The molecule has 2 aliphatic heterocycles. The molecule has 0 unspecified atom stereocenters. The Morgan fingerprint density at radius 2 is 1.57 bits per heavy atom. The van der Waals surface area contributed by atoms with E-state index in [4.69, 9.17) is 29.1 Å². The normalized spacial score (nSPS) is 44.3. The Bertz CT molecular complexity index is 555. The zero-order chi connectivity index (χ0) is 20.6. The van der Waals surface area contributed by atoms with Crippen molar-refractivity contribution in [2.24, 2.45) is 0 Å². The molecule has 14 nitrogen and oxygen atoms in total. The third-order valence-electron chi connectivity index (χ3n) is 4.30. The molecule has 2 fully saturated rings. The Kier molecular flexibility index (Phi) is 10.5. The summed E-state index contributed by atoms with van der Waals surface area (Å²) in [5.41, 5.74) is 0. The van der Waals surface area contributed by atoms with Crippen LogP contribution < -0.4 is 51.4 Å². The molecule has 2 heterocycles. The van der Waals surface area contributed by atoms with Gasteiger partial charge in [-0.3, -0.25) is 4.52 Å². The molecule has 9 atom stereocenters. The molecule has 0 saturated carbocycles. The van der Waals surface area contributed by atoms with Crippen molar-refractivity contribution in [3.8, 4) is 0 Å².